The van der Waals surface area contributed by atoms with Gasteiger partial charge in [-0.05, 0) is 31.2 Å². The number of rotatable bonds is 1. The summed E-state index contributed by atoms with van der Waals surface area (Å²) in [5.41, 5.74) is 15.0. The molecule has 1 aliphatic rings. The predicted molar refractivity (Wildman–Crippen MR) is 113 cm³/mol. The lowest BCUT2D eigenvalue weighted by Gasteiger charge is -2.21. The van der Waals surface area contributed by atoms with Crippen molar-refractivity contribution in [1.82, 2.24) is 15.0 Å². The lowest BCUT2D eigenvalue weighted by molar-refractivity contribution is 0.227. The third-order valence-corrected chi connectivity index (χ3v) is 4.87. The van der Waals surface area contributed by atoms with Gasteiger partial charge in [-0.15, -0.1) is 0 Å². The number of ether oxygens (including phenoxy) is 1. The lowest BCUT2D eigenvalue weighted by Crippen LogP contribution is -2.13. The maximum Gasteiger partial charge on any atom is 0.166 e. The lowest BCUT2D eigenvalue weighted by atomic mass is 9.98. The number of benzene rings is 1. The highest BCUT2D eigenvalue weighted by Gasteiger charge is 2.22. The summed E-state index contributed by atoms with van der Waals surface area (Å²) in [6.07, 6.45) is 5.19. The molecule has 2 bridgehead atoms. The third-order valence-electron chi connectivity index (χ3n) is 4.87. The highest BCUT2D eigenvalue weighted by atomic mass is 19.1. The Hall–Kier alpha value is -4.32. The summed E-state index contributed by atoms with van der Waals surface area (Å²) >= 11 is 0. The molecule has 3 heterocycles. The van der Waals surface area contributed by atoms with Crippen LogP contribution in [0.3, 0.4) is 0 Å². The van der Waals surface area contributed by atoms with Gasteiger partial charge in [0.15, 0.2) is 11.6 Å². The number of nitrogen functional groups attached to an aromatic ring is 1. The van der Waals surface area contributed by atoms with Gasteiger partial charge in [0.2, 0.25) is 0 Å². The summed E-state index contributed by atoms with van der Waals surface area (Å²) in [5.74, 6) is 0.0289. The molecule has 1 aromatic carbocycles. The molecular formula is C22H18FN7O. The smallest absolute Gasteiger partial charge is 0.166 e. The molecule has 1 aliphatic heterocycles. The van der Waals surface area contributed by atoms with E-state index in [9.17, 15) is 9.65 Å². The summed E-state index contributed by atoms with van der Waals surface area (Å²) in [7, 11) is 0. The molecule has 0 spiro atoms. The Morgan fingerprint density at radius 1 is 1.26 bits per heavy atom. The molecule has 31 heavy (non-hydrogen) atoms. The Morgan fingerprint density at radius 2 is 2.06 bits per heavy atom. The van der Waals surface area contributed by atoms with Crippen molar-refractivity contribution in [3.63, 3.8) is 0 Å². The van der Waals surface area contributed by atoms with E-state index in [0.29, 0.717) is 33.8 Å². The molecule has 0 amide bonds. The molecule has 0 fully saturated rings. The Kier molecular flexibility index (Phi) is 5.28. The quantitative estimate of drug-likeness (QED) is 0.583. The number of hydrogen-bond donors (Lipinski definition) is 2. The molecule has 4 N–H and O–H groups in total. The fourth-order valence-electron chi connectivity index (χ4n) is 3.38. The van der Waals surface area contributed by atoms with E-state index in [4.69, 9.17) is 16.2 Å². The van der Waals surface area contributed by atoms with E-state index in [1.165, 1.54) is 24.5 Å². The SMILES string of the molecule is C[C@H]1Oc2cc(cnc2N)C(C(C#N)=CN)=NCc2nccnc2-c2ccc(F)cc21. The summed E-state index contributed by atoms with van der Waals surface area (Å²) in [6.45, 7) is 1.89. The fourth-order valence-corrected chi connectivity index (χ4v) is 3.38. The van der Waals surface area contributed by atoms with E-state index < -0.39 is 11.9 Å². The van der Waals surface area contributed by atoms with Gasteiger partial charge in [-0.2, -0.15) is 5.26 Å². The number of aliphatic imine (C=N–C) groups is 1. The van der Waals surface area contributed by atoms with E-state index in [0.717, 1.165) is 0 Å². The van der Waals surface area contributed by atoms with Gasteiger partial charge in [0.1, 0.15) is 18.0 Å². The van der Waals surface area contributed by atoms with Crippen LogP contribution in [0.15, 0.2) is 59.6 Å². The van der Waals surface area contributed by atoms with Gasteiger partial charge in [0.05, 0.1) is 29.2 Å². The predicted octanol–water partition coefficient (Wildman–Crippen LogP) is 3.07. The largest absolute Gasteiger partial charge is 0.482 e. The second-order valence-electron chi connectivity index (χ2n) is 6.81. The molecule has 0 saturated carbocycles. The number of anilines is 1. The molecular weight excluding hydrogens is 397 g/mol. The van der Waals surface area contributed by atoms with E-state index in [-0.39, 0.29) is 23.7 Å². The van der Waals surface area contributed by atoms with Crippen LogP contribution in [0.4, 0.5) is 10.2 Å². The van der Waals surface area contributed by atoms with Crippen molar-refractivity contribution in [3.05, 3.63) is 77.3 Å². The maximum absolute atomic E-state index is 14.1. The zero-order chi connectivity index (χ0) is 22.0. The number of halogens is 1. The van der Waals surface area contributed by atoms with Crippen LogP contribution in [0.2, 0.25) is 0 Å². The number of allylic oxidation sites excluding steroid dienone is 1. The molecule has 0 saturated heterocycles. The Bertz CT molecular complexity index is 1260. The minimum atomic E-state index is -0.583. The number of fused-ring (bicyclic) bond motifs is 5. The van der Waals surface area contributed by atoms with Crippen LogP contribution in [-0.4, -0.2) is 20.7 Å². The number of nitriles is 1. The number of pyridine rings is 1. The van der Waals surface area contributed by atoms with Crippen LogP contribution < -0.4 is 16.2 Å². The number of nitrogens with zero attached hydrogens (tertiary/aromatic N) is 5. The normalized spacial score (nSPS) is 15.8. The van der Waals surface area contributed by atoms with Crippen LogP contribution in [0.1, 0.15) is 29.8 Å². The van der Waals surface area contributed by atoms with Crippen LogP contribution in [0, 0.1) is 17.1 Å². The van der Waals surface area contributed by atoms with E-state index in [1.807, 2.05) is 6.07 Å². The first kappa shape index (κ1) is 20.0. The van der Waals surface area contributed by atoms with Gasteiger partial charge in [0, 0.05) is 41.5 Å². The van der Waals surface area contributed by atoms with Crippen molar-refractivity contribution in [2.24, 2.45) is 10.7 Å². The first-order valence-corrected chi connectivity index (χ1v) is 9.41. The molecule has 0 unspecified atom stereocenters. The molecule has 9 heteroatoms. The molecule has 0 aliphatic carbocycles. The molecule has 1 atom stereocenters. The highest BCUT2D eigenvalue weighted by Crippen LogP contribution is 2.34. The average molecular weight is 415 g/mol. The van der Waals surface area contributed by atoms with Crippen molar-refractivity contribution < 1.29 is 9.13 Å². The molecule has 4 rings (SSSR count). The van der Waals surface area contributed by atoms with Crippen LogP contribution in [0.25, 0.3) is 11.3 Å². The summed E-state index contributed by atoms with van der Waals surface area (Å²) < 4.78 is 20.2. The van der Waals surface area contributed by atoms with Gasteiger partial charge in [-0.1, -0.05) is 0 Å². The first-order chi connectivity index (χ1) is 15.0. The summed E-state index contributed by atoms with van der Waals surface area (Å²) in [5, 5.41) is 9.53. The second-order valence-corrected chi connectivity index (χ2v) is 6.81. The zero-order valence-corrected chi connectivity index (χ0v) is 16.6. The third kappa shape index (κ3) is 3.79. The van der Waals surface area contributed by atoms with E-state index >= 15 is 0 Å². The first-order valence-electron chi connectivity index (χ1n) is 9.41. The van der Waals surface area contributed by atoms with Crippen molar-refractivity contribution in [3.8, 4) is 23.1 Å². The Morgan fingerprint density at radius 3 is 2.84 bits per heavy atom. The number of nitrogens with two attached hydrogens (primary N) is 2. The minimum absolute atomic E-state index is 0.114. The van der Waals surface area contributed by atoms with E-state index in [1.54, 1.807) is 31.5 Å². The Balaban J connectivity index is 2.01. The molecule has 0 radical (unpaired) electrons. The van der Waals surface area contributed by atoms with Gasteiger partial charge in [-0.25, -0.2) is 9.37 Å². The van der Waals surface area contributed by atoms with Gasteiger partial charge in [-0.3, -0.25) is 15.0 Å². The van der Waals surface area contributed by atoms with Gasteiger partial charge in [0.25, 0.3) is 0 Å². The standard InChI is InChI=1S/C22H18FN7O/c1-12-17-7-15(23)2-3-16(17)21-18(27-4-5-28-21)11-29-20(14(8-24)9-25)13-6-19(31-12)22(26)30-10-13/h2-8,10,12H,11,24H2,1H3,(H2,26,30)/t12-/m1/s1. The second kappa shape index (κ2) is 8.20. The van der Waals surface area contributed by atoms with Crippen LogP contribution >= 0.6 is 0 Å². The monoisotopic (exact) mass is 415 g/mol. The maximum atomic E-state index is 14.1. The van der Waals surface area contributed by atoms with Crippen molar-refractivity contribution in [2.45, 2.75) is 19.6 Å². The average Bonchev–Trinajstić information content (AvgIpc) is 2.78. The van der Waals surface area contributed by atoms with Crippen molar-refractivity contribution in [1.29, 1.82) is 5.26 Å². The zero-order valence-electron chi connectivity index (χ0n) is 16.6. The minimum Gasteiger partial charge on any atom is -0.482 e. The molecule has 154 valence electrons. The van der Waals surface area contributed by atoms with Gasteiger partial charge >= 0.3 is 0 Å². The van der Waals surface area contributed by atoms with E-state index in [2.05, 4.69) is 19.9 Å². The number of aromatic nitrogens is 3. The highest BCUT2D eigenvalue weighted by molar-refractivity contribution is 6.15. The molecule has 3 aromatic rings. The van der Waals surface area contributed by atoms with Crippen molar-refractivity contribution >= 4 is 11.5 Å². The number of hydrogen-bond acceptors (Lipinski definition) is 8. The fraction of sp³-hybridized carbons (Fsp3) is 0.136. The van der Waals surface area contributed by atoms with Crippen molar-refractivity contribution in [2.75, 3.05) is 5.73 Å². The van der Waals surface area contributed by atoms with Crippen LogP contribution in [0.5, 0.6) is 5.75 Å². The summed E-state index contributed by atoms with van der Waals surface area (Å²) in [6, 6.07) is 8.06. The topological polar surface area (TPSA) is 136 Å². The Labute approximate surface area is 177 Å². The van der Waals surface area contributed by atoms with Gasteiger partial charge < -0.3 is 16.2 Å². The van der Waals surface area contributed by atoms with Crippen LogP contribution in [-0.2, 0) is 6.54 Å². The molecule has 2 aromatic heterocycles. The molecule has 8 nitrogen and oxygen atoms in total. The summed E-state index contributed by atoms with van der Waals surface area (Å²) in [4.78, 5) is 17.6.